The van der Waals surface area contributed by atoms with E-state index >= 15 is 0 Å². The lowest BCUT2D eigenvalue weighted by atomic mass is 9.98. The first kappa shape index (κ1) is 18.5. The van der Waals surface area contributed by atoms with Gasteiger partial charge in [-0.15, -0.1) is 0 Å². The highest BCUT2D eigenvalue weighted by atomic mass is 19.1. The van der Waals surface area contributed by atoms with Gasteiger partial charge in [-0.3, -0.25) is 4.79 Å². The Morgan fingerprint density at radius 1 is 1.21 bits per heavy atom. The maximum Gasteiger partial charge on any atom is 0.284 e. The summed E-state index contributed by atoms with van der Waals surface area (Å²) in [6, 6.07) is 7.25. The van der Waals surface area contributed by atoms with Gasteiger partial charge in [-0.25, -0.2) is 4.39 Å². The molecule has 132 valence electrons. The first-order valence-corrected chi connectivity index (χ1v) is 7.18. The van der Waals surface area contributed by atoms with Gasteiger partial charge in [-0.2, -0.15) is 0 Å². The molecule has 8 nitrogen and oxygen atoms in total. The number of pyridine rings is 1. The molecule has 1 aliphatic heterocycles. The maximum absolute atomic E-state index is 12.7. The Balaban J connectivity index is 0.000000174. The topological polar surface area (TPSA) is 149 Å². The van der Waals surface area contributed by atoms with Gasteiger partial charge in [0.1, 0.15) is 18.3 Å². The Labute approximate surface area is 135 Å². The predicted octanol–water partition coefficient (Wildman–Crippen LogP) is -1.59. The Kier molecular flexibility index (Phi) is 5.99. The Hall–Kier alpha value is -1.88. The summed E-state index contributed by atoms with van der Waals surface area (Å²) in [5.41, 5.74) is 5.25. The number of aromatic amines is 1. The summed E-state index contributed by atoms with van der Waals surface area (Å²) in [5, 5.41) is 36.8. The zero-order valence-corrected chi connectivity index (χ0v) is 12.5. The van der Waals surface area contributed by atoms with Crippen LogP contribution < -0.4 is 11.3 Å². The van der Waals surface area contributed by atoms with Crippen LogP contribution in [0.4, 0.5) is 4.39 Å². The van der Waals surface area contributed by atoms with E-state index in [1.807, 2.05) is 0 Å². The zero-order valence-electron chi connectivity index (χ0n) is 12.5. The number of aliphatic hydroxyl groups excluding tert-OH is 4. The molecule has 1 aliphatic rings. The third kappa shape index (κ3) is 3.96. The van der Waals surface area contributed by atoms with Crippen molar-refractivity contribution in [3.8, 4) is 0 Å². The molecule has 0 spiro atoms. The molecule has 0 aliphatic carbocycles. The molecule has 7 N–H and O–H groups in total. The molecule has 3 rings (SSSR count). The molecule has 1 aromatic carbocycles. The molecule has 1 fully saturated rings. The highest BCUT2D eigenvalue weighted by Gasteiger charge is 2.41. The molecular formula is C15H19FN2O6. The van der Waals surface area contributed by atoms with Crippen LogP contribution in [0.5, 0.6) is 0 Å². The third-order valence-corrected chi connectivity index (χ3v) is 3.66. The summed E-state index contributed by atoms with van der Waals surface area (Å²) >= 11 is 0. The van der Waals surface area contributed by atoms with E-state index in [1.54, 1.807) is 24.3 Å². The standard InChI is InChI=1S/C9H6FNO.C6H13NO5/c10-7-5-6-3-1-2-4-8(6)11-9(7)12;7-3-5(10)4(9)2(1-8)12-6(3)11/h1-5H,(H,11,12);2-6,8-11H,1,7H2/t;2-,3-,4-,5-,6?/m.1/s1. The molecule has 0 amide bonds. The number of hydrogen-bond donors (Lipinski definition) is 6. The van der Waals surface area contributed by atoms with Crippen molar-refractivity contribution < 1.29 is 29.6 Å². The number of fused-ring (bicyclic) bond motifs is 1. The zero-order chi connectivity index (χ0) is 17.9. The smallest absolute Gasteiger partial charge is 0.284 e. The average Bonchev–Trinajstić information content (AvgIpc) is 2.58. The summed E-state index contributed by atoms with van der Waals surface area (Å²) in [4.78, 5) is 13.2. The van der Waals surface area contributed by atoms with Crippen molar-refractivity contribution in [2.24, 2.45) is 5.73 Å². The van der Waals surface area contributed by atoms with Gasteiger partial charge in [0.05, 0.1) is 12.6 Å². The van der Waals surface area contributed by atoms with E-state index in [0.29, 0.717) is 10.9 Å². The number of nitrogens with one attached hydrogen (secondary N) is 1. The molecule has 2 heterocycles. The second-order valence-corrected chi connectivity index (χ2v) is 5.34. The van der Waals surface area contributed by atoms with Crippen LogP contribution in [0.2, 0.25) is 0 Å². The SMILES string of the molecule is N[C@H]1C(O)O[C@H](CO)[C@@H](O)[C@@H]1O.O=c1[nH]c2ccccc2cc1F. The number of ether oxygens (including phenoxy) is 1. The van der Waals surface area contributed by atoms with Crippen molar-refractivity contribution in [1.82, 2.24) is 4.98 Å². The molecule has 1 saturated heterocycles. The van der Waals surface area contributed by atoms with E-state index in [9.17, 15) is 19.4 Å². The van der Waals surface area contributed by atoms with Crippen LogP contribution in [0.25, 0.3) is 10.9 Å². The molecule has 1 unspecified atom stereocenters. The van der Waals surface area contributed by atoms with Crippen LogP contribution in [-0.4, -0.2) is 62.7 Å². The minimum Gasteiger partial charge on any atom is -0.394 e. The van der Waals surface area contributed by atoms with Crippen molar-refractivity contribution in [3.63, 3.8) is 0 Å². The Morgan fingerprint density at radius 2 is 1.88 bits per heavy atom. The van der Waals surface area contributed by atoms with Crippen LogP contribution in [-0.2, 0) is 4.74 Å². The quantitative estimate of drug-likeness (QED) is 0.366. The summed E-state index contributed by atoms with van der Waals surface area (Å²) in [6.45, 7) is -0.470. The second kappa shape index (κ2) is 7.79. The summed E-state index contributed by atoms with van der Waals surface area (Å²) in [7, 11) is 0. The van der Waals surface area contributed by atoms with Crippen molar-refractivity contribution in [2.45, 2.75) is 30.6 Å². The highest BCUT2D eigenvalue weighted by Crippen LogP contribution is 2.17. The van der Waals surface area contributed by atoms with Gasteiger partial charge < -0.3 is 35.9 Å². The number of halogens is 1. The average molecular weight is 342 g/mol. The molecule has 0 bridgehead atoms. The summed E-state index contributed by atoms with van der Waals surface area (Å²) < 4.78 is 17.4. The van der Waals surface area contributed by atoms with Crippen molar-refractivity contribution in [2.75, 3.05) is 6.61 Å². The van der Waals surface area contributed by atoms with Gasteiger partial charge in [0, 0.05) is 10.9 Å². The fraction of sp³-hybridized carbons (Fsp3) is 0.400. The number of aromatic nitrogens is 1. The van der Waals surface area contributed by atoms with E-state index in [2.05, 4.69) is 4.98 Å². The van der Waals surface area contributed by atoms with Crippen LogP contribution in [0.1, 0.15) is 0 Å². The van der Waals surface area contributed by atoms with Crippen LogP contribution in [0.15, 0.2) is 35.1 Å². The van der Waals surface area contributed by atoms with Gasteiger partial charge in [-0.1, -0.05) is 18.2 Å². The lowest BCUT2D eigenvalue weighted by Gasteiger charge is -2.38. The number of rotatable bonds is 1. The normalized spacial score (nSPS) is 29.8. The van der Waals surface area contributed by atoms with E-state index in [0.717, 1.165) is 0 Å². The van der Waals surface area contributed by atoms with Crippen molar-refractivity contribution in [3.05, 3.63) is 46.5 Å². The van der Waals surface area contributed by atoms with Gasteiger partial charge >= 0.3 is 0 Å². The van der Waals surface area contributed by atoms with E-state index in [-0.39, 0.29) is 0 Å². The fourth-order valence-corrected chi connectivity index (χ4v) is 2.24. The highest BCUT2D eigenvalue weighted by molar-refractivity contribution is 5.77. The van der Waals surface area contributed by atoms with Crippen LogP contribution in [0, 0.1) is 5.82 Å². The second-order valence-electron chi connectivity index (χ2n) is 5.34. The van der Waals surface area contributed by atoms with Crippen molar-refractivity contribution in [1.29, 1.82) is 0 Å². The molecule has 9 heteroatoms. The van der Waals surface area contributed by atoms with Gasteiger partial charge in [0.15, 0.2) is 12.1 Å². The number of nitrogens with two attached hydrogens (primary N) is 1. The van der Waals surface area contributed by atoms with Crippen LogP contribution in [0.3, 0.4) is 0 Å². The van der Waals surface area contributed by atoms with Gasteiger partial charge in [0.2, 0.25) is 0 Å². The lowest BCUT2D eigenvalue weighted by Crippen LogP contribution is -2.61. The molecule has 1 aromatic heterocycles. The minimum atomic E-state index is -1.35. The summed E-state index contributed by atoms with van der Waals surface area (Å²) in [6.07, 6.45) is -4.85. The lowest BCUT2D eigenvalue weighted by molar-refractivity contribution is -0.248. The largest absolute Gasteiger partial charge is 0.394 e. The van der Waals surface area contributed by atoms with Crippen molar-refractivity contribution >= 4 is 10.9 Å². The van der Waals surface area contributed by atoms with E-state index < -0.39 is 48.6 Å². The number of benzene rings is 1. The number of aliphatic hydroxyl groups is 4. The maximum atomic E-state index is 12.7. The number of para-hydroxylation sites is 1. The molecule has 0 saturated carbocycles. The Bertz CT molecular complexity index is 734. The third-order valence-electron chi connectivity index (χ3n) is 3.66. The number of hydrogen-bond acceptors (Lipinski definition) is 7. The first-order valence-electron chi connectivity index (χ1n) is 7.18. The molecular weight excluding hydrogens is 323 g/mol. The molecule has 2 aromatic rings. The number of H-pyrrole nitrogens is 1. The molecule has 24 heavy (non-hydrogen) atoms. The van der Waals surface area contributed by atoms with Gasteiger partial charge in [0.25, 0.3) is 5.56 Å². The molecule has 0 radical (unpaired) electrons. The fourth-order valence-electron chi connectivity index (χ4n) is 2.24. The molecule has 5 atom stereocenters. The van der Waals surface area contributed by atoms with E-state index in [1.165, 1.54) is 6.07 Å². The van der Waals surface area contributed by atoms with Gasteiger partial charge in [-0.05, 0) is 12.1 Å². The van der Waals surface area contributed by atoms with E-state index in [4.69, 9.17) is 20.7 Å². The van der Waals surface area contributed by atoms with Crippen LogP contribution >= 0.6 is 0 Å². The summed E-state index contributed by atoms with van der Waals surface area (Å²) in [5.74, 6) is -0.742. The monoisotopic (exact) mass is 342 g/mol. The predicted molar refractivity (Wildman–Crippen MR) is 82.5 cm³/mol. The minimum absolute atomic E-state index is 0.470. The first-order chi connectivity index (χ1) is 11.3. The Morgan fingerprint density at radius 3 is 2.54 bits per heavy atom.